The number of unbranched alkanes of at least 4 members (excludes halogenated alkanes) is 1. The molecule has 0 unspecified atom stereocenters. The maximum Gasteiger partial charge on any atom is -0.0323 e. The highest BCUT2D eigenvalue weighted by Crippen LogP contribution is 2.49. The molecule has 0 heterocycles. The highest BCUT2D eigenvalue weighted by atomic mass is 14.4. The Bertz CT molecular complexity index is 151. The zero-order chi connectivity index (χ0) is 10.6. The Morgan fingerprint density at radius 1 is 1.21 bits per heavy atom. The zero-order valence-corrected chi connectivity index (χ0v) is 10.6. The van der Waals surface area contributed by atoms with Gasteiger partial charge in [0, 0.05) is 0 Å². The van der Waals surface area contributed by atoms with Crippen LogP contribution in [0.15, 0.2) is 0 Å². The summed E-state index contributed by atoms with van der Waals surface area (Å²) >= 11 is 0. The maximum atomic E-state index is 2.46. The first-order chi connectivity index (χ1) is 6.56. The molecule has 0 N–H and O–H groups in total. The maximum absolute atomic E-state index is 2.46. The van der Waals surface area contributed by atoms with Crippen LogP contribution in [0.1, 0.15) is 72.6 Å². The molecule has 0 nitrogen and oxygen atoms in total. The molecule has 0 atom stereocenters. The lowest BCUT2D eigenvalue weighted by molar-refractivity contribution is 0.0630. The fraction of sp³-hybridized carbons (Fsp3) is 1.00. The average molecular weight is 196 g/mol. The summed E-state index contributed by atoms with van der Waals surface area (Å²) in [5.74, 6) is 1.98. The molecular formula is C14H28. The van der Waals surface area contributed by atoms with E-state index in [4.69, 9.17) is 0 Å². The Morgan fingerprint density at radius 2 is 1.86 bits per heavy atom. The monoisotopic (exact) mass is 196 g/mol. The van der Waals surface area contributed by atoms with Crippen molar-refractivity contribution in [1.82, 2.24) is 0 Å². The predicted molar refractivity (Wildman–Crippen MR) is 64.4 cm³/mol. The molecule has 14 heavy (non-hydrogen) atoms. The smallest absolute Gasteiger partial charge is 0.0323 e. The van der Waals surface area contributed by atoms with Gasteiger partial charge in [-0.3, -0.25) is 0 Å². The van der Waals surface area contributed by atoms with Crippen molar-refractivity contribution in [3.63, 3.8) is 0 Å². The lowest BCUT2D eigenvalue weighted by Gasteiger charge is -2.45. The molecule has 1 saturated carbocycles. The number of hydrogen-bond donors (Lipinski definition) is 0. The number of hydrogen-bond acceptors (Lipinski definition) is 0. The fourth-order valence-corrected chi connectivity index (χ4v) is 2.81. The second kappa shape index (κ2) is 5.19. The van der Waals surface area contributed by atoms with Crippen LogP contribution in [0.25, 0.3) is 0 Å². The van der Waals surface area contributed by atoms with Crippen molar-refractivity contribution in [3.8, 4) is 0 Å². The SMILES string of the molecule is CCC1(C)CC(CCCCC(C)C)C1. The van der Waals surface area contributed by atoms with E-state index in [0.717, 1.165) is 17.3 Å². The van der Waals surface area contributed by atoms with Gasteiger partial charge >= 0.3 is 0 Å². The minimum absolute atomic E-state index is 0.725. The van der Waals surface area contributed by atoms with Crippen LogP contribution in [0.4, 0.5) is 0 Å². The van der Waals surface area contributed by atoms with Gasteiger partial charge in [-0.25, -0.2) is 0 Å². The molecule has 1 fully saturated rings. The van der Waals surface area contributed by atoms with Gasteiger partial charge in [0.2, 0.25) is 0 Å². The van der Waals surface area contributed by atoms with E-state index in [1.165, 1.54) is 44.9 Å². The molecule has 0 saturated heterocycles. The van der Waals surface area contributed by atoms with Crippen LogP contribution in [0.3, 0.4) is 0 Å². The summed E-state index contributed by atoms with van der Waals surface area (Å²) in [6, 6.07) is 0. The van der Waals surface area contributed by atoms with Crippen LogP contribution in [0.2, 0.25) is 0 Å². The lowest BCUT2D eigenvalue weighted by Crippen LogP contribution is -2.33. The van der Waals surface area contributed by atoms with Crippen molar-refractivity contribution < 1.29 is 0 Å². The van der Waals surface area contributed by atoms with Crippen LogP contribution in [-0.4, -0.2) is 0 Å². The molecule has 0 heteroatoms. The van der Waals surface area contributed by atoms with Gasteiger partial charge in [-0.2, -0.15) is 0 Å². The molecule has 0 amide bonds. The molecule has 0 aromatic heterocycles. The van der Waals surface area contributed by atoms with E-state index in [9.17, 15) is 0 Å². The molecule has 84 valence electrons. The predicted octanol–water partition coefficient (Wildman–Crippen LogP) is 5.03. The third-order valence-corrected chi connectivity index (χ3v) is 4.06. The van der Waals surface area contributed by atoms with Crippen LogP contribution >= 0.6 is 0 Å². The highest BCUT2D eigenvalue weighted by Gasteiger charge is 2.37. The Morgan fingerprint density at radius 3 is 2.36 bits per heavy atom. The first-order valence-corrected chi connectivity index (χ1v) is 6.56. The van der Waals surface area contributed by atoms with Gasteiger partial charge in [0.25, 0.3) is 0 Å². The van der Waals surface area contributed by atoms with Gasteiger partial charge in [-0.1, -0.05) is 59.8 Å². The first-order valence-electron chi connectivity index (χ1n) is 6.56. The minimum atomic E-state index is 0.725. The van der Waals surface area contributed by atoms with Crippen molar-refractivity contribution in [2.45, 2.75) is 72.6 Å². The van der Waals surface area contributed by atoms with Crippen LogP contribution in [0, 0.1) is 17.3 Å². The van der Waals surface area contributed by atoms with E-state index in [1.54, 1.807) is 0 Å². The van der Waals surface area contributed by atoms with E-state index in [-0.39, 0.29) is 0 Å². The summed E-state index contributed by atoms with van der Waals surface area (Å²) < 4.78 is 0. The quantitative estimate of drug-likeness (QED) is 0.523. The lowest BCUT2D eigenvalue weighted by atomic mass is 9.60. The van der Waals surface area contributed by atoms with E-state index >= 15 is 0 Å². The number of rotatable bonds is 6. The van der Waals surface area contributed by atoms with Gasteiger partial charge in [-0.15, -0.1) is 0 Å². The average Bonchev–Trinajstić information content (AvgIpc) is 2.08. The largest absolute Gasteiger partial charge is 0.0649 e. The van der Waals surface area contributed by atoms with Gasteiger partial charge in [-0.05, 0) is 30.1 Å². The second-order valence-corrected chi connectivity index (χ2v) is 6.12. The molecule has 0 radical (unpaired) electrons. The highest BCUT2D eigenvalue weighted by molar-refractivity contribution is 4.88. The molecule has 0 bridgehead atoms. The van der Waals surface area contributed by atoms with E-state index < -0.39 is 0 Å². The Labute approximate surface area is 90.5 Å². The topological polar surface area (TPSA) is 0 Å². The molecule has 0 aromatic rings. The Balaban J connectivity index is 1.96. The molecule has 0 aromatic carbocycles. The van der Waals surface area contributed by atoms with Gasteiger partial charge < -0.3 is 0 Å². The zero-order valence-electron chi connectivity index (χ0n) is 10.6. The van der Waals surface area contributed by atoms with Crippen molar-refractivity contribution in [2.24, 2.45) is 17.3 Å². The second-order valence-electron chi connectivity index (χ2n) is 6.12. The summed E-state index contributed by atoms with van der Waals surface area (Å²) in [7, 11) is 0. The fourth-order valence-electron chi connectivity index (χ4n) is 2.81. The normalized spacial score (nSPS) is 31.9. The van der Waals surface area contributed by atoms with Crippen LogP contribution in [0.5, 0.6) is 0 Å². The standard InChI is InChI=1S/C14H28/c1-5-14(4)10-13(11-14)9-7-6-8-12(2)3/h12-13H,5-11H2,1-4H3. The van der Waals surface area contributed by atoms with Crippen LogP contribution in [-0.2, 0) is 0 Å². The van der Waals surface area contributed by atoms with Gasteiger partial charge in [0.1, 0.15) is 0 Å². The Hall–Kier alpha value is 0. The van der Waals surface area contributed by atoms with Gasteiger partial charge in [0.15, 0.2) is 0 Å². The van der Waals surface area contributed by atoms with E-state index in [0.29, 0.717) is 0 Å². The van der Waals surface area contributed by atoms with Crippen molar-refractivity contribution in [1.29, 1.82) is 0 Å². The first kappa shape index (κ1) is 12.1. The minimum Gasteiger partial charge on any atom is -0.0649 e. The Kier molecular flexibility index (Phi) is 4.47. The summed E-state index contributed by atoms with van der Waals surface area (Å²) in [6.45, 7) is 9.46. The van der Waals surface area contributed by atoms with Crippen molar-refractivity contribution in [3.05, 3.63) is 0 Å². The summed E-state index contributed by atoms with van der Waals surface area (Å²) in [6.07, 6.45) is 10.3. The molecule has 1 aliphatic rings. The van der Waals surface area contributed by atoms with E-state index in [1.807, 2.05) is 0 Å². The van der Waals surface area contributed by atoms with E-state index in [2.05, 4.69) is 27.7 Å². The molecule has 0 aliphatic heterocycles. The molecular weight excluding hydrogens is 168 g/mol. The third-order valence-electron chi connectivity index (χ3n) is 4.06. The summed E-state index contributed by atoms with van der Waals surface area (Å²) in [5, 5.41) is 0. The molecule has 1 aliphatic carbocycles. The van der Waals surface area contributed by atoms with Crippen molar-refractivity contribution >= 4 is 0 Å². The third kappa shape index (κ3) is 3.63. The molecule has 0 spiro atoms. The summed E-state index contributed by atoms with van der Waals surface area (Å²) in [5.41, 5.74) is 0.725. The van der Waals surface area contributed by atoms with Crippen LogP contribution < -0.4 is 0 Å². The summed E-state index contributed by atoms with van der Waals surface area (Å²) in [4.78, 5) is 0. The molecule has 1 rings (SSSR count). The van der Waals surface area contributed by atoms with Gasteiger partial charge in [0.05, 0.1) is 0 Å². The van der Waals surface area contributed by atoms with Crippen molar-refractivity contribution in [2.75, 3.05) is 0 Å².